The Balaban J connectivity index is 2.23. The molecule has 2 aromatic rings. The number of rotatable bonds is 4. The lowest BCUT2D eigenvalue weighted by Gasteiger charge is -2.08. The van der Waals surface area contributed by atoms with Gasteiger partial charge in [-0.2, -0.15) is 0 Å². The molecule has 0 saturated carbocycles. The number of nitro groups is 1. The van der Waals surface area contributed by atoms with Gasteiger partial charge in [0.05, 0.1) is 21.5 Å². The third-order valence-electron chi connectivity index (χ3n) is 2.78. The molecule has 0 aliphatic carbocycles. The van der Waals surface area contributed by atoms with E-state index in [0.717, 1.165) is 6.07 Å². The van der Waals surface area contributed by atoms with Crippen LogP contribution in [-0.2, 0) is 0 Å². The highest BCUT2D eigenvalue weighted by molar-refractivity contribution is 6.34. The van der Waals surface area contributed by atoms with Crippen molar-refractivity contribution in [2.45, 2.75) is 0 Å². The minimum atomic E-state index is -1.33. The number of nitro benzene ring substituents is 1. The van der Waals surface area contributed by atoms with Gasteiger partial charge in [-0.15, -0.1) is 0 Å². The fraction of sp³-hybridized carbons (Fsp3) is 0. The molecule has 22 heavy (non-hydrogen) atoms. The van der Waals surface area contributed by atoms with Crippen molar-refractivity contribution in [3.05, 3.63) is 68.7 Å². The van der Waals surface area contributed by atoms with Crippen molar-refractivity contribution in [3.63, 3.8) is 0 Å². The number of carboxylic acids is 1. The van der Waals surface area contributed by atoms with Gasteiger partial charge in [-0.1, -0.05) is 23.7 Å². The van der Waals surface area contributed by atoms with Gasteiger partial charge in [0, 0.05) is 17.8 Å². The number of hydrogen-bond acceptors (Lipinski definition) is 5. The van der Waals surface area contributed by atoms with Crippen molar-refractivity contribution in [2.24, 2.45) is 0 Å². The predicted molar refractivity (Wildman–Crippen MR) is 76.8 cm³/mol. The topological polar surface area (TPSA) is 112 Å². The van der Waals surface area contributed by atoms with Gasteiger partial charge >= 0.3 is 0 Å². The molecule has 8 heteroatoms. The van der Waals surface area contributed by atoms with E-state index in [2.05, 4.69) is 5.32 Å². The van der Waals surface area contributed by atoms with Crippen LogP contribution in [0.3, 0.4) is 0 Å². The number of non-ortho nitro benzene ring substituents is 1. The number of carbonyl (C=O) groups excluding carboxylic acids is 2. The number of anilines is 1. The molecule has 0 aliphatic rings. The number of hydrogen-bond donors (Lipinski definition) is 1. The van der Waals surface area contributed by atoms with Gasteiger partial charge in [0.25, 0.3) is 11.6 Å². The molecule has 0 unspecified atom stereocenters. The van der Waals surface area contributed by atoms with E-state index < -0.39 is 16.8 Å². The summed E-state index contributed by atoms with van der Waals surface area (Å²) in [4.78, 5) is 32.8. The lowest BCUT2D eigenvalue weighted by molar-refractivity contribution is -0.384. The normalized spacial score (nSPS) is 10.0. The lowest BCUT2D eigenvalue weighted by atomic mass is 10.1. The quantitative estimate of drug-likeness (QED) is 0.682. The van der Waals surface area contributed by atoms with E-state index in [9.17, 15) is 24.8 Å². The molecule has 2 rings (SSSR count). The molecule has 0 heterocycles. The molecule has 0 atom stereocenters. The monoisotopic (exact) mass is 319 g/mol. The molecule has 0 fully saturated rings. The number of nitrogens with one attached hydrogen (secondary N) is 1. The Morgan fingerprint density at radius 1 is 1.09 bits per heavy atom. The van der Waals surface area contributed by atoms with Crippen LogP contribution in [0.4, 0.5) is 11.4 Å². The van der Waals surface area contributed by atoms with Gasteiger partial charge in [-0.25, -0.2) is 0 Å². The van der Waals surface area contributed by atoms with E-state index in [1.165, 1.54) is 36.4 Å². The van der Waals surface area contributed by atoms with Crippen molar-refractivity contribution in [3.8, 4) is 0 Å². The van der Waals surface area contributed by atoms with Crippen LogP contribution >= 0.6 is 11.6 Å². The maximum Gasteiger partial charge on any atom is 0.270 e. The maximum atomic E-state index is 12.1. The summed E-state index contributed by atoms with van der Waals surface area (Å²) < 4.78 is 0. The molecule has 0 aromatic heterocycles. The summed E-state index contributed by atoms with van der Waals surface area (Å²) in [6, 6.07) is 8.78. The number of aromatic carboxylic acids is 1. The summed E-state index contributed by atoms with van der Waals surface area (Å²) in [6.07, 6.45) is 0. The first kappa shape index (κ1) is 15.5. The molecule has 1 N–H and O–H groups in total. The van der Waals surface area contributed by atoms with Gasteiger partial charge in [0.1, 0.15) is 0 Å². The molecule has 7 nitrogen and oxygen atoms in total. The highest BCUT2D eigenvalue weighted by Crippen LogP contribution is 2.23. The lowest BCUT2D eigenvalue weighted by Crippen LogP contribution is -2.22. The Labute approximate surface area is 129 Å². The van der Waals surface area contributed by atoms with E-state index in [-0.39, 0.29) is 21.8 Å². The molecule has 0 radical (unpaired) electrons. The van der Waals surface area contributed by atoms with Crippen LogP contribution in [-0.4, -0.2) is 16.8 Å². The van der Waals surface area contributed by atoms with E-state index in [4.69, 9.17) is 11.6 Å². The predicted octanol–water partition coefficient (Wildman–Crippen LogP) is 1.86. The average molecular weight is 320 g/mol. The fourth-order valence-electron chi connectivity index (χ4n) is 1.69. The molecule has 112 valence electrons. The van der Waals surface area contributed by atoms with E-state index >= 15 is 0 Å². The SMILES string of the molecule is O=C([O-])c1ccc(NC(=O)c2cc([N+](=O)[O-])ccc2Cl)cc1. The molecule has 0 spiro atoms. The Bertz CT molecular complexity index is 758. The van der Waals surface area contributed by atoms with Crippen LogP contribution in [0.2, 0.25) is 5.02 Å². The highest BCUT2D eigenvalue weighted by atomic mass is 35.5. The van der Waals surface area contributed by atoms with E-state index in [1.807, 2.05) is 0 Å². The zero-order valence-corrected chi connectivity index (χ0v) is 11.7. The van der Waals surface area contributed by atoms with Crippen LogP contribution in [0, 0.1) is 10.1 Å². The highest BCUT2D eigenvalue weighted by Gasteiger charge is 2.16. The van der Waals surface area contributed by atoms with Crippen molar-refractivity contribution < 1.29 is 19.6 Å². The second-order valence-corrected chi connectivity index (χ2v) is 4.65. The largest absolute Gasteiger partial charge is 0.545 e. The molecular weight excluding hydrogens is 312 g/mol. The van der Waals surface area contributed by atoms with Crippen LogP contribution in [0.15, 0.2) is 42.5 Å². The van der Waals surface area contributed by atoms with E-state index in [0.29, 0.717) is 5.69 Å². The molecular formula is C14H8ClN2O5-. The molecule has 0 bridgehead atoms. The first-order valence-corrected chi connectivity index (χ1v) is 6.33. The van der Waals surface area contributed by atoms with E-state index in [1.54, 1.807) is 0 Å². The number of carboxylic acid groups (broad SMARTS) is 1. The van der Waals surface area contributed by atoms with Crippen molar-refractivity contribution >= 4 is 34.9 Å². The Morgan fingerprint density at radius 2 is 1.73 bits per heavy atom. The second kappa shape index (κ2) is 6.23. The summed E-state index contributed by atoms with van der Waals surface area (Å²) in [7, 11) is 0. The summed E-state index contributed by atoms with van der Waals surface area (Å²) >= 11 is 5.86. The fourth-order valence-corrected chi connectivity index (χ4v) is 1.89. The Hall–Kier alpha value is -2.93. The summed E-state index contributed by atoms with van der Waals surface area (Å²) in [5.74, 6) is -1.98. The molecule has 0 aliphatic heterocycles. The number of amides is 1. The summed E-state index contributed by atoms with van der Waals surface area (Å²) in [5.41, 5.74) is -0.0364. The van der Waals surface area contributed by atoms with Gasteiger partial charge < -0.3 is 15.2 Å². The van der Waals surface area contributed by atoms with Crippen molar-refractivity contribution in [2.75, 3.05) is 5.32 Å². The van der Waals surface area contributed by atoms with Crippen molar-refractivity contribution in [1.82, 2.24) is 0 Å². The van der Waals surface area contributed by atoms with Crippen molar-refractivity contribution in [1.29, 1.82) is 0 Å². The maximum absolute atomic E-state index is 12.1. The smallest absolute Gasteiger partial charge is 0.270 e. The van der Waals surface area contributed by atoms with Crippen LogP contribution in [0.1, 0.15) is 20.7 Å². The third-order valence-corrected chi connectivity index (χ3v) is 3.11. The first-order chi connectivity index (χ1) is 10.4. The second-order valence-electron chi connectivity index (χ2n) is 4.24. The Kier molecular flexibility index (Phi) is 4.38. The number of carbonyl (C=O) groups is 2. The minimum absolute atomic E-state index is 0.0358. The molecule has 0 saturated heterocycles. The number of nitrogens with zero attached hydrogens (tertiary/aromatic N) is 1. The average Bonchev–Trinajstić information content (AvgIpc) is 2.47. The first-order valence-electron chi connectivity index (χ1n) is 5.95. The van der Waals surface area contributed by atoms with Gasteiger partial charge in [-0.3, -0.25) is 14.9 Å². The Morgan fingerprint density at radius 3 is 2.27 bits per heavy atom. The van der Waals surface area contributed by atoms with Crippen LogP contribution in [0.25, 0.3) is 0 Å². The molecule has 1 amide bonds. The van der Waals surface area contributed by atoms with Crippen LogP contribution in [0.5, 0.6) is 0 Å². The van der Waals surface area contributed by atoms with Gasteiger partial charge in [-0.05, 0) is 23.8 Å². The van der Waals surface area contributed by atoms with Gasteiger partial charge in [0.2, 0.25) is 0 Å². The van der Waals surface area contributed by atoms with Crippen LogP contribution < -0.4 is 10.4 Å². The minimum Gasteiger partial charge on any atom is -0.545 e. The standard InChI is InChI=1S/C14H9ClN2O5/c15-12-6-5-10(17(21)22)7-11(12)13(18)16-9-3-1-8(2-4-9)14(19)20/h1-7H,(H,16,18)(H,19,20)/p-1. The summed E-state index contributed by atoms with van der Waals surface area (Å²) in [6.45, 7) is 0. The van der Waals surface area contributed by atoms with Gasteiger partial charge in [0.15, 0.2) is 0 Å². The third kappa shape index (κ3) is 3.39. The zero-order valence-electron chi connectivity index (χ0n) is 10.9. The number of halogens is 1. The number of benzene rings is 2. The summed E-state index contributed by atoms with van der Waals surface area (Å²) in [5, 5.41) is 23.9. The molecule has 2 aromatic carbocycles. The zero-order chi connectivity index (χ0) is 16.3.